The summed E-state index contributed by atoms with van der Waals surface area (Å²) < 4.78 is 21.2. The topological polar surface area (TPSA) is 233 Å². The molecule has 3 fully saturated rings. The number of methoxy groups -OCH3 is 1. The second-order valence-electron chi connectivity index (χ2n) is 22.0. The van der Waals surface area contributed by atoms with E-state index in [0.717, 1.165) is 63.4 Å². The van der Waals surface area contributed by atoms with Gasteiger partial charge in [0.15, 0.2) is 17.7 Å². The van der Waals surface area contributed by atoms with Crippen LogP contribution in [0.3, 0.4) is 0 Å². The number of ether oxygens (including phenoxy) is 4. The summed E-state index contributed by atoms with van der Waals surface area (Å²) in [7, 11) is 4.30. The van der Waals surface area contributed by atoms with Crippen LogP contribution >= 0.6 is 21.6 Å². The minimum absolute atomic E-state index is 0.00336. The van der Waals surface area contributed by atoms with Crippen molar-refractivity contribution < 1.29 is 62.7 Å². The van der Waals surface area contributed by atoms with Crippen molar-refractivity contribution in [2.75, 3.05) is 58.2 Å². The van der Waals surface area contributed by atoms with Crippen LogP contribution in [0.25, 0.3) is 0 Å². The summed E-state index contributed by atoms with van der Waals surface area (Å²) in [6, 6.07) is 0. The number of nitrogens with one attached hydrogen (secondary N) is 3. The van der Waals surface area contributed by atoms with Crippen LogP contribution in [0.1, 0.15) is 119 Å². The zero-order valence-corrected chi connectivity index (χ0v) is 49.8. The van der Waals surface area contributed by atoms with Gasteiger partial charge in [0.05, 0.1) is 26.4 Å². The van der Waals surface area contributed by atoms with Crippen LogP contribution in [0, 0.1) is 39.9 Å². The van der Waals surface area contributed by atoms with Gasteiger partial charge in [-0.25, -0.2) is 9.59 Å². The second kappa shape index (κ2) is 34.4. The van der Waals surface area contributed by atoms with E-state index in [1.54, 1.807) is 53.7 Å². The highest BCUT2D eigenvalue weighted by molar-refractivity contribution is 8.76. The summed E-state index contributed by atoms with van der Waals surface area (Å²) in [6.45, 7) is 12.0. The normalized spacial score (nSPS) is 26.1. The number of Topliss-reactive ketones (excluding diaryl/α,β-unsaturated/α-hetero) is 1. The summed E-state index contributed by atoms with van der Waals surface area (Å²) in [5, 5.41) is 32.4. The van der Waals surface area contributed by atoms with Crippen molar-refractivity contribution >= 4 is 62.9 Å². The average molecular weight is 1150 g/mol. The number of aliphatic hydroxyl groups is 2. The number of ketones is 2. The molecule has 16 nitrogen and oxygen atoms in total. The molecule has 0 bridgehead atoms. The Morgan fingerprint density at radius 3 is 2.06 bits per heavy atom. The predicted molar refractivity (Wildman–Crippen MR) is 315 cm³/mol. The molecular weight excluding hydrogens is 1060 g/mol. The van der Waals surface area contributed by atoms with E-state index in [1.807, 2.05) is 25.2 Å². The number of hydrogen-bond donors (Lipinski definition) is 5. The highest BCUT2D eigenvalue weighted by atomic mass is 33.1. The lowest BCUT2D eigenvalue weighted by molar-refractivity contribution is -0.181. The fourth-order valence-corrected chi connectivity index (χ4v) is 13.4. The predicted octanol–water partition coefficient (Wildman–Crippen LogP) is 8.68. The summed E-state index contributed by atoms with van der Waals surface area (Å²) >= 11 is 0. The van der Waals surface area contributed by atoms with Crippen LogP contribution in [0.5, 0.6) is 0 Å². The third kappa shape index (κ3) is 20.4. The van der Waals surface area contributed by atoms with E-state index >= 15 is 0 Å². The highest BCUT2D eigenvalue weighted by Crippen LogP contribution is 2.67. The molecule has 442 valence electrons. The van der Waals surface area contributed by atoms with Crippen molar-refractivity contribution in [3.8, 4) is 0 Å². The van der Waals surface area contributed by atoms with Gasteiger partial charge in [-0.15, -0.1) is 0 Å². The number of rotatable bonds is 35. The Morgan fingerprint density at radius 1 is 0.838 bits per heavy atom. The van der Waals surface area contributed by atoms with Crippen LogP contribution in [-0.2, 0) is 52.5 Å². The van der Waals surface area contributed by atoms with Gasteiger partial charge in [0.1, 0.15) is 18.8 Å². The number of hydrogen-bond acceptors (Lipinski definition) is 16. The second-order valence-corrected chi connectivity index (χ2v) is 24.7. The van der Waals surface area contributed by atoms with Crippen molar-refractivity contribution in [3.05, 3.63) is 109 Å². The molecule has 18 heteroatoms. The summed E-state index contributed by atoms with van der Waals surface area (Å²) in [5.41, 5.74) is -3.01. The molecule has 2 amide bonds. The molecule has 0 saturated heterocycles. The van der Waals surface area contributed by atoms with E-state index in [0.29, 0.717) is 50.3 Å². The molecule has 0 aromatic carbocycles. The first-order chi connectivity index (χ1) is 38.2. The van der Waals surface area contributed by atoms with Crippen LogP contribution in [0.4, 0.5) is 0 Å². The van der Waals surface area contributed by atoms with Gasteiger partial charge >= 0.3 is 17.9 Å². The van der Waals surface area contributed by atoms with Crippen LogP contribution in [0.2, 0.25) is 0 Å². The molecule has 4 rings (SSSR count). The Hall–Kier alpha value is -5.11. The van der Waals surface area contributed by atoms with E-state index < -0.39 is 57.9 Å². The van der Waals surface area contributed by atoms with Crippen molar-refractivity contribution in [3.63, 3.8) is 0 Å². The number of aliphatic hydroxyl groups excluding tert-OH is 1. The lowest BCUT2D eigenvalue weighted by Crippen LogP contribution is -2.62. The maximum Gasteiger partial charge on any atom is 0.331 e. The first kappa shape index (κ1) is 67.4. The highest BCUT2D eigenvalue weighted by Gasteiger charge is 2.68. The smallest absolute Gasteiger partial charge is 0.331 e. The molecule has 0 aromatic rings. The number of fused-ring (bicyclic) bond motifs is 5. The van der Waals surface area contributed by atoms with Gasteiger partial charge < -0.3 is 39.8 Å². The minimum Gasteiger partial charge on any atom is -0.466 e. The van der Waals surface area contributed by atoms with Gasteiger partial charge in [-0.2, -0.15) is 0 Å². The molecule has 5 N–H and O–H groups in total. The van der Waals surface area contributed by atoms with Crippen molar-refractivity contribution in [2.45, 2.75) is 136 Å². The molecule has 0 radical (unpaired) electrons. The van der Waals surface area contributed by atoms with E-state index in [9.17, 15) is 43.8 Å². The molecule has 9 unspecified atom stereocenters. The first-order valence-corrected chi connectivity index (χ1v) is 30.7. The Morgan fingerprint density at radius 2 is 1.44 bits per heavy atom. The van der Waals surface area contributed by atoms with E-state index in [2.05, 4.69) is 96.1 Å². The van der Waals surface area contributed by atoms with Crippen LogP contribution in [-0.4, -0.2) is 128 Å². The fraction of sp³-hybridized carbons (Fsp3) is 0.597. The zero-order chi connectivity index (χ0) is 58.6. The Bertz CT molecular complexity index is 2370. The summed E-state index contributed by atoms with van der Waals surface area (Å²) in [6.07, 6.45) is 36.9. The van der Waals surface area contributed by atoms with Gasteiger partial charge in [-0.3, -0.25) is 29.3 Å². The maximum absolute atomic E-state index is 13.7. The molecule has 80 heavy (non-hydrogen) atoms. The van der Waals surface area contributed by atoms with E-state index in [1.165, 1.54) is 0 Å². The molecule has 0 spiro atoms. The monoisotopic (exact) mass is 1150 g/mol. The Labute approximate surface area is 482 Å². The molecule has 0 aromatic heterocycles. The van der Waals surface area contributed by atoms with Crippen molar-refractivity contribution in [1.82, 2.24) is 16.0 Å². The van der Waals surface area contributed by atoms with Gasteiger partial charge in [0, 0.05) is 71.9 Å². The zero-order valence-electron chi connectivity index (χ0n) is 48.1. The molecular formula is C62H89N3O13S2. The number of carbonyl (C=O) groups excluding carboxylic acids is 7. The maximum atomic E-state index is 13.7. The Kier molecular flexibility index (Phi) is 28.9. The first-order valence-electron chi connectivity index (χ1n) is 28.2. The SMILES string of the molecule is CCC=CCC=CCC=CCC=CCC=CCC=CCC(=O)OCC(C)(C)C(OC(=O)C=CC(=O)OC)C(=O)NCCC(=O)NCCSSCCNCOCC(=O)C1(O)CCC2C3CC(C)C4=CC(=O)C=CC4(C)C3C(O)CC21C. The molecule has 4 aliphatic carbocycles. The standard InChI is InChI=1S/C62H89N3O13S2/c1-8-9-10-11-12-13-14-15-16-17-18-19-20-21-22-23-24-25-26-54(71)77-43-59(3,4)57(78-55(72)28-27-53(70)75-7)58(73)65-34-31-52(69)64-36-38-80-79-37-35-63-44-76-42-51(68)62(74)33-30-48-47-39-45(2)49-40-46(66)29-32-60(49,5)56(47)50(67)41-61(48,62)6/h9-10,12-13,15-16,18-19,21-22,24-25,27-29,32,40,45,47-48,50,56-57,63,67,74H,8,11,14,17,20,23,26,30-31,33-39,41-44H2,1-7H3,(H,64,69)(H,65,73). The lowest BCUT2D eigenvalue weighted by Gasteiger charge is -2.60. The average Bonchev–Trinajstić information content (AvgIpc) is 3.26. The van der Waals surface area contributed by atoms with Crippen molar-refractivity contribution in [2.24, 2.45) is 39.9 Å². The van der Waals surface area contributed by atoms with E-state index in [-0.39, 0.29) is 80.5 Å². The number of carbonyl (C=O) groups is 7. The summed E-state index contributed by atoms with van der Waals surface area (Å²) in [5.74, 6) is -2.23. The minimum atomic E-state index is -1.61. The quantitative estimate of drug-likeness (QED) is 0.00760. The molecule has 0 heterocycles. The molecule has 4 aliphatic rings. The molecule has 3 saturated carbocycles. The van der Waals surface area contributed by atoms with Gasteiger partial charge in [0.25, 0.3) is 5.91 Å². The Balaban J connectivity index is 1.08. The van der Waals surface area contributed by atoms with Crippen LogP contribution in [0.15, 0.2) is 109 Å². The molecule has 0 aliphatic heterocycles. The van der Waals surface area contributed by atoms with Gasteiger partial charge in [-0.05, 0) is 94.1 Å². The largest absolute Gasteiger partial charge is 0.466 e. The lowest BCUT2D eigenvalue weighted by atomic mass is 9.45. The van der Waals surface area contributed by atoms with Crippen LogP contribution < -0.4 is 16.0 Å². The van der Waals surface area contributed by atoms with Gasteiger partial charge in [-0.1, -0.05) is 148 Å². The third-order valence-corrected chi connectivity index (χ3v) is 18.1. The fourth-order valence-electron chi connectivity index (χ4n) is 11.6. The number of amides is 2. The number of allylic oxidation sites excluding steroid dienone is 15. The van der Waals surface area contributed by atoms with Gasteiger partial charge in [0.2, 0.25) is 5.91 Å². The number of esters is 3. The molecule has 9 atom stereocenters. The van der Waals surface area contributed by atoms with Crippen molar-refractivity contribution in [1.29, 1.82) is 0 Å². The third-order valence-electron chi connectivity index (χ3n) is 15.7. The van der Waals surface area contributed by atoms with E-state index in [4.69, 9.17) is 14.2 Å². The summed E-state index contributed by atoms with van der Waals surface area (Å²) in [4.78, 5) is 89.0.